The van der Waals surface area contributed by atoms with Gasteiger partial charge in [0.25, 0.3) is 11.8 Å². The van der Waals surface area contributed by atoms with Crippen LogP contribution in [0.4, 0.5) is 11.4 Å². The van der Waals surface area contributed by atoms with Gasteiger partial charge in [-0.3, -0.25) is 14.9 Å². The molecular formula is C26H27ClN4O5S2. The number of carbonyl (C=O) groups excluding carboxylic acids is 2. The van der Waals surface area contributed by atoms with Crippen LogP contribution in [0.3, 0.4) is 0 Å². The Morgan fingerprint density at radius 1 is 0.974 bits per heavy atom. The molecule has 1 aliphatic heterocycles. The first-order chi connectivity index (χ1) is 18.3. The number of hydrogen-bond donors (Lipinski definition) is 2. The largest absolute Gasteiger partial charge is 0.493 e. The minimum atomic E-state index is -0.445. The Bertz CT molecular complexity index is 1300. The van der Waals surface area contributed by atoms with E-state index in [4.69, 9.17) is 38.0 Å². The zero-order valence-corrected chi connectivity index (χ0v) is 23.5. The SMILES string of the molecule is COc1cc(C(=O)NC(=S)Nc2ccc(N3CCN(C(=O)c4cccs4)CC3)c(Cl)c2)cc(OC)c1OC. The standard InChI is InChI=1S/C26H27ClN4O5S2/c1-34-20-13-16(14-21(35-2)23(20)36-3)24(32)29-26(37)28-17-6-7-19(18(27)15-17)30-8-10-31(11-9-30)25(33)22-5-4-12-38-22/h4-7,12-15H,8-11H2,1-3H3,(H2,28,29,32,37). The Hall–Kier alpha value is -3.54. The summed E-state index contributed by atoms with van der Waals surface area (Å²) in [7, 11) is 4.44. The number of thiocarbonyl (C=S) groups is 1. The van der Waals surface area contributed by atoms with Crippen LogP contribution < -0.4 is 29.7 Å². The molecule has 0 saturated carbocycles. The van der Waals surface area contributed by atoms with Gasteiger partial charge in [-0.05, 0) is 54.0 Å². The predicted octanol–water partition coefficient (Wildman–Crippen LogP) is 4.52. The number of amides is 2. The Kier molecular flexibility index (Phi) is 8.93. The fourth-order valence-corrected chi connectivity index (χ4v) is 5.30. The Balaban J connectivity index is 1.36. The molecule has 1 aromatic heterocycles. The second-order valence-corrected chi connectivity index (χ2v) is 10.0. The van der Waals surface area contributed by atoms with Gasteiger partial charge in [0.2, 0.25) is 5.75 Å². The summed E-state index contributed by atoms with van der Waals surface area (Å²) in [6.07, 6.45) is 0. The topological polar surface area (TPSA) is 92.4 Å². The molecule has 12 heteroatoms. The van der Waals surface area contributed by atoms with E-state index in [0.717, 1.165) is 10.6 Å². The van der Waals surface area contributed by atoms with E-state index in [9.17, 15) is 9.59 Å². The van der Waals surface area contributed by atoms with Gasteiger partial charge in [0.05, 0.1) is 36.9 Å². The van der Waals surface area contributed by atoms with Gasteiger partial charge in [0.15, 0.2) is 16.6 Å². The maximum Gasteiger partial charge on any atom is 0.264 e. The van der Waals surface area contributed by atoms with Crippen LogP contribution in [0.25, 0.3) is 0 Å². The van der Waals surface area contributed by atoms with Gasteiger partial charge >= 0.3 is 0 Å². The van der Waals surface area contributed by atoms with Crippen LogP contribution in [0.5, 0.6) is 17.2 Å². The lowest BCUT2D eigenvalue weighted by atomic mass is 10.1. The number of halogens is 1. The third-order valence-electron chi connectivity index (χ3n) is 6.00. The lowest BCUT2D eigenvalue weighted by molar-refractivity contribution is 0.0751. The summed E-state index contributed by atoms with van der Waals surface area (Å²) in [5.74, 6) is 0.717. The third kappa shape index (κ3) is 6.12. The summed E-state index contributed by atoms with van der Waals surface area (Å²) in [5.41, 5.74) is 1.78. The first-order valence-corrected chi connectivity index (χ1v) is 13.3. The van der Waals surface area contributed by atoms with Crippen molar-refractivity contribution in [2.45, 2.75) is 0 Å². The van der Waals surface area contributed by atoms with Crippen LogP contribution in [0.1, 0.15) is 20.0 Å². The number of rotatable bonds is 7. The molecular weight excluding hydrogens is 548 g/mol. The lowest BCUT2D eigenvalue weighted by Gasteiger charge is -2.36. The maximum atomic E-state index is 12.8. The minimum Gasteiger partial charge on any atom is -0.493 e. The highest BCUT2D eigenvalue weighted by Gasteiger charge is 2.24. The number of hydrogen-bond acceptors (Lipinski definition) is 8. The molecule has 0 radical (unpaired) electrons. The average molecular weight is 575 g/mol. The van der Waals surface area contributed by atoms with E-state index >= 15 is 0 Å². The number of ether oxygens (including phenoxy) is 3. The van der Waals surface area contributed by atoms with E-state index in [2.05, 4.69) is 15.5 Å². The number of methoxy groups -OCH3 is 3. The van der Waals surface area contributed by atoms with Crippen molar-refractivity contribution in [1.29, 1.82) is 0 Å². The van der Waals surface area contributed by atoms with Crippen molar-refractivity contribution in [2.24, 2.45) is 0 Å². The van der Waals surface area contributed by atoms with E-state index in [0.29, 0.717) is 54.1 Å². The first-order valence-electron chi connectivity index (χ1n) is 11.6. The van der Waals surface area contributed by atoms with Crippen LogP contribution in [0.15, 0.2) is 47.8 Å². The van der Waals surface area contributed by atoms with Crippen molar-refractivity contribution < 1.29 is 23.8 Å². The molecule has 2 aromatic carbocycles. The summed E-state index contributed by atoms with van der Waals surface area (Å²) in [6.45, 7) is 2.58. The smallest absolute Gasteiger partial charge is 0.264 e. The van der Waals surface area contributed by atoms with Crippen molar-refractivity contribution in [3.63, 3.8) is 0 Å². The molecule has 2 heterocycles. The molecule has 0 spiro atoms. The summed E-state index contributed by atoms with van der Waals surface area (Å²) >= 11 is 13.4. The molecule has 0 atom stereocenters. The van der Waals surface area contributed by atoms with Crippen molar-refractivity contribution in [3.05, 3.63) is 63.3 Å². The Morgan fingerprint density at radius 2 is 1.66 bits per heavy atom. The van der Waals surface area contributed by atoms with Gasteiger partial charge in [-0.25, -0.2) is 0 Å². The monoisotopic (exact) mass is 574 g/mol. The lowest BCUT2D eigenvalue weighted by Crippen LogP contribution is -2.48. The quantitative estimate of drug-likeness (QED) is 0.398. The average Bonchev–Trinajstić information content (AvgIpc) is 3.47. The summed E-state index contributed by atoms with van der Waals surface area (Å²) in [5, 5.41) is 8.18. The Morgan fingerprint density at radius 3 is 2.21 bits per heavy atom. The highest BCUT2D eigenvalue weighted by molar-refractivity contribution is 7.80. The number of benzene rings is 2. The second-order valence-electron chi connectivity index (χ2n) is 8.25. The molecule has 2 amide bonds. The number of carbonyl (C=O) groups is 2. The zero-order chi connectivity index (χ0) is 27.2. The van der Waals surface area contributed by atoms with E-state index in [1.165, 1.54) is 32.7 Å². The molecule has 0 unspecified atom stereocenters. The molecule has 0 bridgehead atoms. The molecule has 1 aliphatic rings. The van der Waals surface area contributed by atoms with Crippen molar-refractivity contribution >= 4 is 63.5 Å². The van der Waals surface area contributed by atoms with Crippen LogP contribution in [-0.4, -0.2) is 69.3 Å². The van der Waals surface area contributed by atoms with Gasteiger partial charge in [-0.15, -0.1) is 11.3 Å². The van der Waals surface area contributed by atoms with Gasteiger partial charge < -0.3 is 29.3 Å². The normalized spacial score (nSPS) is 13.1. The number of piperazine rings is 1. The summed E-state index contributed by atoms with van der Waals surface area (Å²) in [4.78, 5) is 30.2. The third-order valence-corrected chi connectivity index (χ3v) is 7.36. The van der Waals surface area contributed by atoms with Crippen molar-refractivity contribution in [3.8, 4) is 17.2 Å². The van der Waals surface area contributed by atoms with E-state index in [1.54, 1.807) is 18.2 Å². The number of nitrogens with zero attached hydrogens (tertiary/aromatic N) is 2. The molecule has 1 saturated heterocycles. The van der Waals surface area contributed by atoms with E-state index < -0.39 is 5.91 Å². The first kappa shape index (κ1) is 27.5. The molecule has 2 N–H and O–H groups in total. The van der Waals surface area contributed by atoms with Gasteiger partial charge in [-0.2, -0.15) is 0 Å². The number of thiophene rings is 1. The zero-order valence-electron chi connectivity index (χ0n) is 21.1. The molecule has 38 heavy (non-hydrogen) atoms. The van der Waals surface area contributed by atoms with Crippen molar-refractivity contribution in [1.82, 2.24) is 10.2 Å². The molecule has 4 rings (SSSR count). The molecule has 9 nitrogen and oxygen atoms in total. The molecule has 0 aliphatic carbocycles. The fraction of sp³-hybridized carbons (Fsp3) is 0.269. The predicted molar refractivity (Wildman–Crippen MR) is 154 cm³/mol. The number of nitrogens with one attached hydrogen (secondary N) is 2. The fourth-order valence-electron chi connectivity index (χ4n) is 4.10. The second kappa shape index (κ2) is 12.3. The molecule has 1 fully saturated rings. The highest BCUT2D eigenvalue weighted by Crippen LogP contribution is 2.38. The van der Waals surface area contributed by atoms with Crippen LogP contribution in [0, 0.1) is 0 Å². The van der Waals surface area contributed by atoms with Crippen LogP contribution >= 0.6 is 35.2 Å². The van der Waals surface area contributed by atoms with Gasteiger partial charge in [0, 0.05) is 37.4 Å². The van der Waals surface area contributed by atoms with Crippen LogP contribution in [-0.2, 0) is 0 Å². The minimum absolute atomic E-state index is 0.0624. The summed E-state index contributed by atoms with van der Waals surface area (Å²) < 4.78 is 15.9. The molecule has 3 aromatic rings. The Labute approximate surface area is 235 Å². The summed E-state index contributed by atoms with van der Waals surface area (Å²) in [6, 6.07) is 12.3. The highest BCUT2D eigenvalue weighted by atomic mass is 35.5. The van der Waals surface area contributed by atoms with Crippen LogP contribution in [0.2, 0.25) is 5.02 Å². The van der Waals surface area contributed by atoms with Crippen molar-refractivity contribution in [2.75, 3.05) is 57.7 Å². The maximum absolute atomic E-state index is 12.8. The van der Waals surface area contributed by atoms with Gasteiger partial charge in [0.1, 0.15) is 0 Å². The molecule has 200 valence electrons. The number of anilines is 2. The van der Waals surface area contributed by atoms with Gasteiger partial charge in [-0.1, -0.05) is 17.7 Å². The van der Waals surface area contributed by atoms with E-state index in [-0.39, 0.29) is 16.6 Å². The van der Waals surface area contributed by atoms with E-state index in [1.807, 2.05) is 34.5 Å².